The number of hydrogen-bond acceptors (Lipinski definition) is 9. The lowest BCUT2D eigenvalue weighted by Crippen LogP contribution is -2.47. The Morgan fingerprint density at radius 1 is 1.27 bits per heavy atom. The molecule has 2 N–H and O–H groups in total. The van der Waals surface area contributed by atoms with Crippen molar-refractivity contribution in [3.63, 3.8) is 0 Å². The second-order valence-electron chi connectivity index (χ2n) is 13.7. The molecule has 2 aromatic heterocycles. The van der Waals surface area contributed by atoms with Crippen LogP contribution in [0.3, 0.4) is 0 Å². The Morgan fingerprint density at radius 3 is 2.75 bits per heavy atom. The highest BCUT2D eigenvalue weighted by molar-refractivity contribution is 7.23. The third-order valence-corrected chi connectivity index (χ3v) is 11.7. The van der Waals surface area contributed by atoms with E-state index in [1.54, 1.807) is 16.8 Å². The molecule has 9 nitrogen and oxygen atoms in total. The number of rotatable bonds is 7. The van der Waals surface area contributed by atoms with Gasteiger partial charge >= 0.3 is 12.2 Å². The van der Waals surface area contributed by atoms with Gasteiger partial charge in [0.15, 0.2) is 5.82 Å². The molecule has 0 bridgehead atoms. The van der Waals surface area contributed by atoms with Crippen LogP contribution >= 0.6 is 11.3 Å². The largest absolute Gasteiger partial charge is 0.461 e. The second-order valence-corrected chi connectivity index (χ2v) is 14.8. The number of aromatic nitrogens is 2. The quantitative estimate of drug-likeness (QED) is 0.163. The summed E-state index contributed by atoms with van der Waals surface area (Å²) in [7, 11) is 1.59. The van der Waals surface area contributed by atoms with Gasteiger partial charge in [-0.2, -0.15) is 28.4 Å². The van der Waals surface area contributed by atoms with E-state index in [-0.39, 0.29) is 75.5 Å². The average Bonchev–Trinajstić information content (AvgIpc) is 3.84. The number of likely N-dealkylation sites (tertiary alicyclic amines) is 1. The predicted molar refractivity (Wildman–Crippen MR) is 181 cm³/mol. The van der Waals surface area contributed by atoms with E-state index >= 15 is 17.6 Å². The molecule has 4 aromatic rings. The predicted octanol–water partition coefficient (Wildman–Crippen LogP) is 6.83. The second kappa shape index (κ2) is 12.3. The Bertz CT molecular complexity index is 2150. The van der Waals surface area contributed by atoms with Crippen molar-refractivity contribution in [3.8, 4) is 23.2 Å². The molecule has 0 aliphatic carbocycles. The molecule has 0 saturated carbocycles. The van der Waals surface area contributed by atoms with Crippen molar-refractivity contribution in [2.45, 2.75) is 56.0 Å². The molecular weight excluding hydrogens is 696 g/mol. The molecule has 2 aromatic carbocycles. The molecule has 3 atom stereocenters. The van der Waals surface area contributed by atoms with Crippen LogP contribution < -0.4 is 15.4 Å². The first kappa shape index (κ1) is 34.8. The van der Waals surface area contributed by atoms with Crippen LogP contribution in [0.4, 0.5) is 37.2 Å². The SMILES string of the molecule is C=CC(=O)N1CC[C@@](C)(N(C)c2nc(OC[C@@]34CCCN3C[C@H](F)C4)nc3c(F)c(-c4ccc(F)c5sc(N)c(C#N)c45)c(C(F)(F)F)cc23)C1. The molecule has 5 heterocycles. The van der Waals surface area contributed by atoms with E-state index in [2.05, 4.69) is 16.5 Å². The van der Waals surface area contributed by atoms with E-state index in [1.165, 1.54) is 6.08 Å². The van der Waals surface area contributed by atoms with Crippen LogP contribution in [0, 0.1) is 23.0 Å². The maximum Gasteiger partial charge on any atom is 0.417 e. The fraction of sp³-hybridized carbons (Fsp3) is 0.429. The number of nitrogens with zero attached hydrogens (tertiary/aromatic N) is 6. The summed E-state index contributed by atoms with van der Waals surface area (Å²) in [6, 6.07) is 4.11. The van der Waals surface area contributed by atoms with Crippen molar-refractivity contribution in [1.82, 2.24) is 19.8 Å². The highest BCUT2D eigenvalue weighted by Crippen LogP contribution is 2.49. The first-order valence-corrected chi connectivity index (χ1v) is 17.1. The number of likely N-dealkylation sites (N-methyl/N-ethyl adjacent to an activating group) is 1. The first-order valence-electron chi connectivity index (χ1n) is 16.3. The number of amides is 1. The molecule has 16 heteroatoms. The minimum absolute atomic E-state index is 0.0334. The topological polar surface area (TPSA) is 112 Å². The Morgan fingerprint density at radius 2 is 2.04 bits per heavy atom. The van der Waals surface area contributed by atoms with Gasteiger partial charge in [-0.25, -0.2) is 13.2 Å². The Kier molecular flexibility index (Phi) is 8.37. The number of thiophene rings is 1. The average molecular weight is 730 g/mol. The van der Waals surface area contributed by atoms with Crippen molar-refractivity contribution in [3.05, 3.63) is 53.6 Å². The van der Waals surface area contributed by atoms with Crippen LogP contribution in [0.15, 0.2) is 30.9 Å². The molecule has 3 fully saturated rings. The van der Waals surface area contributed by atoms with Crippen LogP contribution in [0.1, 0.15) is 43.7 Å². The normalized spacial score (nSPS) is 23.6. The molecule has 0 radical (unpaired) electrons. The zero-order valence-corrected chi connectivity index (χ0v) is 28.5. The van der Waals surface area contributed by atoms with E-state index in [0.29, 0.717) is 37.3 Å². The summed E-state index contributed by atoms with van der Waals surface area (Å²) in [5.74, 6) is -2.63. The molecular formula is C35H33F6N7O2S. The molecule has 7 rings (SSSR count). The third-order valence-electron chi connectivity index (χ3n) is 10.7. The molecule has 3 aliphatic rings. The van der Waals surface area contributed by atoms with E-state index in [9.17, 15) is 18.8 Å². The van der Waals surface area contributed by atoms with Gasteiger partial charge in [0.1, 0.15) is 41.0 Å². The number of fused-ring (bicyclic) bond motifs is 3. The van der Waals surface area contributed by atoms with E-state index < -0.39 is 51.7 Å². The maximum atomic E-state index is 17.1. The van der Waals surface area contributed by atoms with Gasteiger partial charge in [-0.05, 0) is 56.5 Å². The number of nitrogens with two attached hydrogens (primary N) is 1. The monoisotopic (exact) mass is 729 g/mol. The van der Waals surface area contributed by atoms with Crippen LogP contribution in [0.2, 0.25) is 0 Å². The smallest absolute Gasteiger partial charge is 0.417 e. The summed E-state index contributed by atoms with van der Waals surface area (Å²) in [6.07, 6.45) is -2.93. The third kappa shape index (κ3) is 5.61. The standard InChI is InChI=1S/C35H33F6N7O2S/c1-4-24(49)47-11-9-33(2,16-47)46(3)31-20-12-22(35(39,40)41)26(19-6-7-23(37)29-25(19)21(14-42)30(43)51-29)27(38)28(20)44-32(45-31)50-17-34-8-5-10-48(34)15-18(36)13-34/h4,6-7,12,18H,1,5,8-11,13,15-17,43H2,2-3H3/t18-,33-,34+/m1/s1. The van der Waals surface area contributed by atoms with E-state index in [4.69, 9.17) is 10.5 Å². The number of carbonyl (C=O) groups excluding carboxylic acids is 1. The van der Waals surface area contributed by atoms with Gasteiger partial charge in [0, 0.05) is 49.4 Å². The van der Waals surface area contributed by atoms with Crippen LogP contribution in [-0.4, -0.2) is 82.8 Å². The van der Waals surface area contributed by atoms with E-state index in [0.717, 1.165) is 24.6 Å². The number of alkyl halides is 4. The summed E-state index contributed by atoms with van der Waals surface area (Å²) in [4.78, 5) is 26.5. The Hall–Kier alpha value is -4.62. The van der Waals surface area contributed by atoms with Crippen molar-refractivity contribution in [2.75, 3.05) is 50.5 Å². The number of hydrogen-bond donors (Lipinski definition) is 1. The van der Waals surface area contributed by atoms with Gasteiger partial charge in [-0.1, -0.05) is 12.6 Å². The number of anilines is 2. The van der Waals surface area contributed by atoms with E-state index in [1.807, 2.05) is 17.9 Å². The van der Waals surface area contributed by atoms with Crippen molar-refractivity contribution >= 4 is 49.1 Å². The fourth-order valence-electron chi connectivity index (χ4n) is 7.95. The highest BCUT2D eigenvalue weighted by Gasteiger charge is 2.50. The number of benzene rings is 2. The number of nitrogen functional groups attached to an aromatic ring is 1. The minimum Gasteiger partial charge on any atom is -0.461 e. The van der Waals surface area contributed by atoms with Gasteiger partial charge in [-0.15, -0.1) is 11.3 Å². The molecule has 3 saturated heterocycles. The number of carbonyl (C=O) groups is 1. The highest BCUT2D eigenvalue weighted by atomic mass is 32.1. The summed E-state index contributed by atoms with van der Waals surface area (Å²) in [5.41, 5.74) is 0.932. The first-order chi connectivity index (χ1) is 24.1. The molecule has 1 amide bonds. The Balaban J connectivity index is 1.46. The fourth-order valence-corrected chi connectivity index (χ4v) is 8.90. The molecule has 268 valence electrons. The van der Waals surface area contributed by atoms with Crippen LogP contribution in [0.25, 0.3) is 32.1 Å². The lowest BCUT2D eigenvalue weighted by molar-refractivity contribution is -0.137. The van der Waals surface area contributed by atoms with Crippen molar-refractivity contribution in [2.24, 2.45) is 0 Å². The van der Waals surface area contributed by atoms with Crippen molar-refractivity contribution in [1.29, 1.82) is 5.26 Å². The number of nitriles is 1. The lowest BCUT2D eigenvalue weighted by Gasteiger charge is -2.37. The van der Waals surface area contributed by atoms with Crippen molar-refractivity contribution < 1.29 is 35.9 Å². The number of halogens is 6. The summed E-state index contributed by atoms with van der Waals surface area (Å²) < 4.78 is 97.6. The summed E-state index contributed by atoms with van der Waals surface area (Å²) in [6.45, 7) is 6.74. The van der Waals surface area contributed by atoms with Crippen LogP contribution in [0.5, 0.6) is 6.01 Å². The van der Waals surface area contributed by atoms with Gasteiger partial charge < -0.3 is 20.3 Å². The molecule has 0 unspecified atom stereocenters. The number of ether oxygens (including phenoxy) is 1. The molecule has 3 aliphatic heterocycles. The lowest BCUT2D eigenvalue weighted by atomic mass is 9.92. The zero-order valence-electron chi connectivity index (χ0n) is 27.7. The minimum atomic E-state index is -5.13. The van der Waals surface area contributed by atoms with Crippen LogP contribution in [-0.2, 0) is 11.0 Å². The van der Waals surface area contributed by atoms with Gasteiger partial charge in [0.2, 0.25) is 5.91 Å². The van der Waals surface area contributed by atoms with Gasteiger partial charge in [0.05, 0.1) is 26.9 Å². The summed E-state index contributed by atoms with van der Waals surface area (Å²) >= 11 is 0.673. The summed E-state index contributed by atoms with van der Waals surface area (Å²) in [5, 5.41) is 9.16. The Labute approximate surface area is 292 Å². The van der Waals surface area contributed by atoms with Gasteiger partial charge in [-0.3, -0.25) is 9.69 Å². The molecule has 51 heavy (non-hydrogen) atoms. The maximum absolute atomic E-state index is 17.1. The molecule has 0 spiro atoms. The van der Waals surface area contributed by atoms with Gasteiger partial charge in [0.25, 0.3) is 0 Å². The zero-order chi connectivity index (χ0) is 36.6.